The molecule has 1 atom stereocenters. The smallest absolute Gasteiger partial charge is 0.0616 e. The van der Waals surface area contributed by atoms with Crippen LogP contribution < -0.4 is 5.32 Å². The Hall–Kier alpha value is -0.860. The van der Waals surface area contributed by atoms with Gasteiger partial charge in [-0.15, -0.1) is 0 Å². The molecule has 1 aliphatic carbocycles. The lowest BCUT2D eigenvalue weighted by molar-refractivity contribution is 0.132. The zero-order chi connectivity index (χ0) is 13.6. The SMILES string of the molecule is CCC(CO)(Cc1ccccc1)NC1CCCCC1. The van der Waals surface area contributed by atoms with Crippen LogP contribution in [0.2, 0.25) is 0 Å². The fourth-order valence-electron chi connectivity index (χ4n) is 3.16. The number of hydrogen-bond acceptors (Lipinski definition) is 2. The van der Waals surface area contributed by atoms with Crippen molar-refractivity contribution in [3.8, 4) is 0 Å². The molecule has 0 saturated heterocycles. The predicted octanol–water partition coefficient (Wildman–Crippen LogP) is 3.29. The van der Waals surface area contributed by atoms with Crippen molar-refractivity contribution in [1.82, 2.24) is 5.32 Å². The van der Waals surface area contributed by atoms with E-state index < -0.39 is 0 Å². The van der Waals surface area contributed by atoms with Gasteiger partial charge in [0.1, 0.15) is 0 Å². The summed E-state index contributed by atoms with van der Waals surface area (Å²) in [5.41, 5.74) is 1.16. The molecule has 19 heavy (non-hydrogen) atoms. The van der Waals surface area contributed by atoms with E-state index in [1.807, 2.05) is 6.07 Å². The van der Waals surface area contributed by atoms with Crippen molar-refractivity contribution in [2.45, 2.75) is 63.5 Å². The number of hydrogen-bond donors (Lipinski definition) is 2. The maximum atomic E-state index is 9.91. The Morgan fingerprint density at radius 1 is 1.16 bits per heavy atom. The number of rotatable bonds is 6. The highest BCUT2D eigenvalue weighted by Gasteiger charge is 2.30. The Morgan fingerprint density at radius 2 is 1.84 bits per heavy atom. The highest BCUT2D eigenvalue weighted by atomic mass is 16.3. The van der Waals surface area contributed by atoms with Crippen molar-refractivity contribution >= 4 is 0 Å². The largest absolute Gasteiger partial charge is 0.394 e. The molecule has 1 aromatic carbocycles. The summed E-state index contributed by atoms with van der Waals surface area (Å²) in [4.78, 5) is 0. The predicted molar refractivity (Wildman–Crippen MR) is 80.3 cm³/mol. The molecular weight excluding hydrogens is 234 g/mol. The van der Waals surface area contributed by atoms with Gasteiger partial charge in [0.25, 0.3) is 0 Å². The monoisotopic (exact) mass is 261 g/mol. The van der Waals surface area contributed by atoms with Gasteiger partial charge in [0.2, 0.25) is 0 Å². The molecular formula is C17H27NO. The van der Waals surface area contributed by atoms with Gasteiger partial charge in [-0.1, -0.05) is 56.5 Å². The normalized spacial score (nSPS) is 20.1. The van der Waals surface area contributed by atoms with Crippen molar-refractivity contribution < 1.29 is 5.11 Å². The molecule has 2 N–H and O–H groups in total. The molecule has 1 saturated carbocycles. The third-order valence-electron chi connectivity index (χ3n) is 4.48. The fraction of sp³-hybridized carbons (Fsp3) is 0.647. The number of aliphatic hydroxyl groups is 1. The van der Waals surface area contributed by atoms with Gasteiger partial charge in [0.15, 0.2) is 0 Å². The van der Waals surface area contributed by atoms with E-state index in [9.17, 15) is 5.11 Å². The second-order valence-corrected chi connectivity index (χ2v) is 5.93. The van der Waals surface area contributed by atoms with Gasteiger partial charge in [0, 0.05) is 11.6 Å². The summed E-state index contributed by atoms with van der Waals surface area (Å²) in [6, 6.07) is 11.1. The standard InChI is InChI=1S/C17H27NO/c1-2-17(14-19,13-15-9-5-3-6-10-15)18-16-11-7-4-8-12-16/h3,5-6,9-10,16,18-19H,2,4,7-8,11-14H2,1H3. The molecule has 0 radical (unpaired) electrons. The lowest BCUT2D eigenvalue weighted by Crippen LogP contribution is -2.54. The summed E-state index contributed by atoms with van der Waals surface area (Å²) in [7, 11) is 0. The number of aliphatic hydroxyl groups excluding tert-OH is 1. The summed E-state index contributed by atoms with van der Waals surface area (Å²) >= 11 is 0. The number of nitrogens with one attached hydrogen (secondary N) is 1. The van der Waals surface area contributed by atoms with Crippen LogP contribution in [0, 0.1) is 0 Å². The molecule has 0 bridgehead atoms. The Bertz CT molecular complexity index is 353. The van der Waals surface area contributed by atoms with Crippen LogP contribution in [0.25, 0.3) is 0 Å². The first kappa shape index (κ1) is 14.5. The molecule has 106 valence electrons. The molecule has 0 heterocycles. The van der Waals surface area contributed by atoms with Gasteiger partial charge in [-0.25, -0.2) is 0 Å². The minimum atomic E-state index is -0.149. The molecule has 2 nitrogen and oxygen atoms in total. The average molecular weight is 261 g/mol. The molecule has 0 amide bonds. The lowest BCUT2D eigenvalue weighted by Gasteiger charge is -2.38. The van der Waals surface area contributed by atoms with Crippen LogP contribution >= 0.6 is 0 Å². The first-order valence-corrected chi connectivity index (χ1v) is 7.70. The maximum absolute atomic E-state index is 9.91. The van der Waals surface area contributed by atoms with Gasteiger partial charge in [-0.3, -0.25) is 0 Å². The minimum Gasteiger partial charge on any atom is -0.394 e. The summed E-state index contributed by atoms with van der Waals surface area (Å²) in [5.74, 6) is 0. The van der Waals surface area contributed by atoms with Crippen LogP contribution in [0.3, 0.4) is 0 Å². The molecule has 0 aliphatic heterocycles. The Kier molecular flexibility index (Phi) is 5.41. The van der Waals surface area contributed by atoms with E-state index >= 15 is 0 Å². The van der Waals surface area contributed by atoms with Crippen LogP contribution in [0.5, 0.6) is 0 Å². The molecule has 2 rings (SSSR count). The molecule has 1 unspecified atom stereocenters. The molecule has 1 aromatic rings. The second kappa shape index (κ2) is 7.06. The maximum Gasteiger partial charge on any atom is 0.0616 e. The summed E-state index contributed by atoms with van der Waals surface area (Å²) in [5, 5.41) is 13.7. The topological polar surface area (TPSA) is 32.3 Å². The summed E-state index contributed by atoms with van der Waals surface area (Å²) in [6.45, 7) is 2.39. The third-order valence-corrected chi connectivity index (χ3v) is 4.48. The van der Waals surface area contributed by atoms with Gasteiger partial charge in [-0.05, 0) is 31.2 Å². The van der Waals surface area contributed by atoms with E-state index in [2.05, 4.69) is 36.5 Å². The van der Waals surface area contributed by atoms with Crippen molar-refractivity contribution in [3.05, 3.63) is 35.9 Å². The van der Waals surface area contributed by atoms with Crippen LogP contribution in [0.4, 0.5) is 0 Å². The lowest BCUT2D eigenvalue weighted by atomic mass is 9.85. The van der Waals surface area contributed by atoms with Crippen molar-refractivity contribution in [2.24, 2.45) is 0 Å². The summed E-state index contributed by atoms with van der Waals surface area (Å²) in [6.07, 6.45) is 8.43. The zero-order valence-corrected chi connectivity index (χ0v) is 12.1. The molecule has 1 fully saturated rings. The van der Waals surface area contributed by atoms with Gasteiger partial charge < -0.3 is 10.4 Å². The van der Waals surface area contributed by atoms with Crippen LogP contribution in [0.1, 0.15) is 51.0 Å². The molecule has 2 heteroatoms. The van der Waals surface area contributed by atoms with Crippen LogP contribution in [-0.2, 0) is 6.42 Å². The average Bonchev–Trinajstić information content (AvgIpc) is 2.48. The Morgan fingerprint density at radius 3 is 2.42 bits per heavy atom. The van der Waals surface area contributed by atoms with Crippen LogP contribution in [0.15, 0.2) is 30.3 Å². The van der Waals surface area contributed by atoms with Gasteiger partial charge >= 0.3 is 0 Å². The highest BCUT2D eigenvalue weighted by molar-refractivity contribution is 5.18. The quantitative estimate of drug-likeness (QED) is 0.823. The highest BCUT2D eigenvalue weighted by Crippen LogP contribution is 2.24. The van der Waals surface area contributed by atoms with Crippen molar-refractivity contribution in [1.29, 1.82) is 0 Å². The van der Waals surface area contributed by atoms with E-state index in [-0.39, 0.29) is 12.1 Å². The Labute approximate surface area is 117 Å². The molecule has 0 spiro atoms. The zero-order valence-electron chi connectivity index (χ0n) is 12.1. The van der Waals surface area contributed by atoms with E-state index in [0.717, 1.165) is 12.8 Å². The third kappa shape index (κ3) is 4.05. The summed E-state index contributed by atoms with van der Waals surface area (Å²) < 4.78 is 0. The first-order chi connectivity index (χ1) is 9.28. The Balaban J connectivity index is 2.03. The fourth-order valence-corrected chi connectivity index (χ4v) is 3.16. The van der Waals surface area contributed by atoms with Gasteiger partial charge in [0.05, 0.1) is 6.61 Å². The minimum absolute atomic E-state index is 0.149. The number of benzene rings is 1. The van der Waals surface area contributed by atoms with Gasteiger partial charge in [-0.2, -0.15) is 0 Å². The van der Waals surface area contributed by atoms with E-state index in [0.29, 0.717) is 6.04 Å². The van der Waals surface area contributed by atoms with E-state index in [1.165, 1.54) is 37.7 Å². The second-order valence-electron chi connectivity index (χ2n) is 5.93. The molecule has 0 aromatic heterocycles. The first-order valence-electron chi connectivity index (χ1n) is 7.70. The van der Waals surface area contributed by atoms with Crippen molar-refractivity contribution in [2.75, 3.05) is 6.61 Å². The van der Waals surface area contributed by atoms with E-state index in [4.69, 9.17) is 0 Å². The van der Waals surface area contributed by atoms with Crippen molar-refractivity contribution in [3.63, 3.8) is 0 Å². The van der Waals surface area contributed by atoms with E-state index in [1.54, 1.807) is 0 Å². The molecule has 1 aliphatic rings. The van der Waals surface area contributed by atoms with Crippen LogP contribution in [-0.4, -0.2) is 23.3 Å².